The Morgan fingerprint density at radius 1 is 1.64 bits per heavy atom. The number of carbonyl (C=O) groups excluding carboxylic acids is 1. The number of hydrogen-bond donors (Lipinski definition) is 0. The van der Waals surface area contributed by atoms with Crippen LogP contribution in [-0.2, 0) is 0 Å². The Labute approximate surface area is 86.8 Å². The van der Waals surface area contributed by atoms with Gasteiger partial charge in [0.2, 0.25) is 0 Å². The largest absolute Gasteiger partial charge is 1.00 e. The fraction of sp³-hybridized carbons (Fsp3) is 0.143. The number of nitrogens with zero attached hydrogens (tertiary/aromatic N) is 1. The minimum absolute atomic E-state index is 0. The molecule has 0 fully saturated rings. The van der Waals surface area contributed by atoms with E-state index in [1.54, 1.807) is 19.2 Å². The molecule has 0 aliphatic carbocycles. The number of aromatic nitrogens is 1. The fourth-order valence-corrected chi connectivity index (χ4v) is 0.700. The average Bonchev–Trinajstić information content (AvgIpc) is 1.88. The van der Waals surface area contributed by atoms with Crippen LogP contribution in [0.4, 0.5) is 0 Å². The Hall–Kier alpha value is -0.380. The molecule has 0 atom stereocenters. The van der Waals surface area contributed by atoms with Gasteiger partial charge in [-0.3, -0.25) is 4.98 Å². The number of hydrogen-bond acceptors (Lipinski definition) is 3. The molecule has 0 aliphatic rings. The molecule has 1 rings (SSSR count). The predicted octanol–water partition coefficient (Wildman–Crippen LogP) is -3.24. The standard InChI is InChI=1S/C7H7NO2.Na/c1-5-6(7(9)10)3-2-4-8-5;/h2-4H,1H3,(H,9,10);/q;+1/p-1. The quantitative estimate of drug-likeness (QED) is 0.404. The third kappa shape index (κ3) is 2.61. The molecule has 0 aliphatic heterocycles. The van der Waals surface area contributed by atoms with Crippen LogP contribution in [0, 0.1) is 6.92 Å². The number of aromatic carboxylic acids is 1. The predicted molar refractivity (Wildman–Crippen MR) is 33.3 cm³/mol. The maximum atomic E-state index is 10.3. The first-order valence-corrected chi connectivity index (χ1v) is 2.85. The van der Waals surface area contributed by atoms with Crippen LogP contribution in [-0.4, -0.2) is 11.0 Å². The van der Waals surface area contributed by atoms with E-state index in [1.165, 1.54) is 6.07 Å². The zero-order valence-electron chi connectivity index (χ0n) is 6.50. The molecule has 0 saturated carbocycles. The molecule has 1 aromatic rings. The van der Waals surface area contributed by atoms with Crippen molar-refractivity contribution in [2.24, 2.45) is 0 Å². The smallest absolute Gasteiger partial charge is 0.545 e. The summed E-state index contributed by atoms with van der Waals surface area (Å²) in [6, 6.07) is 3.04. The van der Waals surface area contributed by atoms with Gasteiger partial charge in [-0.2, -0.15) is 0 Å². The Balaban J connectivity index is 0.000001000. The Kier molecular flexibility index (Phi) is 4.33. The summed E-state index contributed by atoms with van der Waals surface area (Å²) < 4.78 is 0. The van der Waals surface area contributed by atoms with Gasteiger partial charge in [-0.05, 0) is 19.1 Å². The summed E-state index contributed by atoms with van der Waals surface area (Å²) in [5.41, 5.74) is 0.644. The van der Waals surface area contributed by atoms with E-state index in [1.807, 2.05) is 0 Å². The van der Waals surface area contributed by atoms with Crippen LogP contribution in [0.2, 0.25) is 0 Å². The molecular formula is C7H6NNaO2. The number of aryl methyl sites for hydroxylation is 1. The summed E-state index contributed by atoms with van der Waals surface area (Å²) in [6.07, 6.45) is 1.54. The molecule has 52 valence electrons. The van der Waals surface area contributed by atoms with Crippen molar-refractivity contribution in [3.05, 3.63) is 29.6 Å². The molecule has 11 heavy (non-hydrogen) atoms. The Bertz CT molecular complexity index is 262. The second-order valence-electron chi connectivity index (χ2n) is 1.92. The van der Waals surface area contributed by atoms with E-state index in [4.69, 9.17) is 0 Å². The van der Waals surface area contributed by atoms with Gasteiger partial charge in [-0.25, -0.2) is 0 Å². The van der Waals surface area contributed by atoms with Gasteiger partial charge in [0.1, 0.15) is 0 Å². The van der Waals surface area contributed by atoms with Crippen molar-refractivity contribution in [1.29, 1.82) is 0 Å². The van der Waals surface area contributed by atoms with Crippen LogP contribution < -0.4 is 34.7 Å². The van der Waals surface area contributed by atoms with Crippen molar-refractivity contribution >= 4 is 5.97 Å². The van der Waals surface area contributed by atoms with Crippen molar-refractivity contribution in [3.8, 4) is 0 Å². The topological polar surface area (TPSA) is 53.0 Å². The van der Waals surface area contributed by atoms with E-state index in [-0.39, 0.29) is 35.1 Å². The van der Waals surface area contributed by atoms with Crippen LogP contribution in [0.3, 0.4) is 0 Å². The second kappa shape index (κ2) is 4.49. The molecule has 0 radical (unpaired) electrons. The summed E-state index contributed by atoms with van der Waals surface area (Å²) in [5.74, 6) is -1.18. The second-order valence-corrected chi connectivity index (χ2v) is 1.92. The first-order chi connectivity index (χ1) is 4.72. The molecular weight excluding hydrogens is 153 g/mol. The Morgan fingerprint density at radius 2 is 2.27 bits per heavy atom. The normalized spacial score (nSPS) is 8.45. The Morgan fingerprint density at radius 3 is 2.64 bits per heavy atom. The summed E-state index contributed by atoms with van der Waals surface area (Å²) in [7, 11) is 0. The maximum Gasteiger partial charge on any atom is 1.00 e. The molecule has 0 bridgehead atoms. The molecule has 0 aromatic carbocycles. The summed E-state index contributed by atoms with van der Waals surface area (Å²) in [5, 5.41) is 10.3. The van der Waals surface area contributed by atoms with Crippen molar-refractivity contribution in [2.45, 2.75) is 6.92 Å². The first-order valence-electron chi connectivity index (χ1n) is 2.85. The monoisotopic (exact) mass is 159 g/mol. The van der Waals surface area contributed by atoms with E-state index < -0.39 is 5.97 Å². The number of pyridine rings is 1. The van der Waals surface area contributed by atoms with Crippen molar-refractivity contribution in [1.82, 2.24) is 4.98 Å². The van der Waals surface area contributed by atoms with Crippen LogP contribution in [0.15, 0.2) is 18.3 Å². The van der Waals surface area contributed by atoms with Gasteiger partial charge in [0, 0.05) is 17.5 Å². The fourth-order valence-electron chi connectivity index (χ4n) is 0.700. The maximum absolute atomic E-state index is 10.3. The van der Waals surface area contributed by atoms with Crippen molar-refractivity contribution in [3.63, 3.8) is 0 Å². The molecule has 0 amide bonds. The zero-order chi connectivity index (χ0) is 7.56. The van der Waals surface area contributed by atoms with Crippen LogP contribution in [0.25, 0.3) is 0 Å². The van der Waals surface area contributed by atoms with Gasteiger partial charge in [-0.15, -0.1) is 0 Å². The van der Waals surface area contributed by atoms with Gasteiger partial charge >= 0.3 is 29.6 Å². The average molecular weight is 159 g/mol. The van der Waals surface area contributed by atoms with Gasteiger partial charge in [0.05, 0.1) is 5.97 Å². The number of carbonyl (C=O) groups is 1. The van der Waals surface area contributed by atoms with E-state index in [2.05, 4.69) is 4.98 Å². The molecule has 0 spiro atoms. The van der Waals surface area contributed by atoms with Crippen molar-refractivity contribution < 1.29 is 39.5 Å². The minimum atomic E-state index is -1.18. The van der Waals surface area contributed by atoms with E-state index >= 15 is 0 Å². The van der Waals surface area contributed by atoms with Gasteiger partial charge in [-0.1, -0.05) is 0 Å². The SMILES string of the molecule is Cc1ncccc1C(=O)[O-].[Na+]. The molecule has 0 unspecified atom stereocenters. The third-order valence-corrected chi connectivity index (χ3v) is 1.23. The molecule has 0 saturated heterocycles. The number of carboxylic acids is 1. The van der Waals surface area contributed by atoms with Gasteiger partial charge < -0.3 is 9.90 Å². The molecule has 1 aromatic heterocycles. The summed E-state index contributed by atoms with van der Waals surface area (Å²) in [4.78, 5) is 14.1. The molecule has 4 heteroatoms. The van der Waals surface area contributed by atoms with E-state index in [9.17, 15) is 9.90 Å². The summed E-state index contributed by atoms with van der Waals surface area (Å²) >= 11 is 0. The summed E-state index contributed by atoms with van der Waals surface area (Å²) in [6.45, 7) is 1.63. The molecule has 3 nitrogen and oxygen atoms in total. The third-order valence-electron chi connectivity index (χ3n) is 1.23. The van der Waals surface area contributed by atoms with Crippen LogP contribution in [0.5, 0.6) is 0 Å². The molecule has 1 heterocycles. The van der Waals surface area contributed by atoms with E-state index in [0.29, 0.717) is 5.69 Å². The first kappa shape index (κ1) is 10.6. The van der Waals surface area contributed by atoms with Gasteiger partial charge in [0.25, 0.3) is 0 Å². The number of rotatable bonds is 1. The van der Waals surface area contributed by atoms with Crippen LogP contribution >= 0.6 is 0 Å². The van der Waals surface area contributed by atoms with E-state index in [0.717, 1.165) is 0 Å². The number of carboxylic acid groups (broad SMARTS) is 1. The van der Waals surface area contributed by atoms with Gasteiger partial charge in [0.15, 0.2) is 0 Å². The molecule has 0 N–H and O–H groups in total. The van der Waals surface area contributed by atoms with Crippen molar-refractivity contribution in [2.75, 3.05) is 0 Å². The zero-order valence-corrected chi connectivity index (χ0v) is 8.50. The minimum Gasteiger partial charge on any atom is -0.545 e. The van der Waals surface area contributed by atoms with Crippen LogP contribution in [0.1, 0.15) is 16.1 Å².